The van der Waals surface area contributed by atoms with Crippen LogP contribution in [0.2, 0.25) is 0 Å². The van der Waals surface area contributed by atoms with Crippen molar-refractivity contribution in [2.45, 2.75) is 32.8 Å². The number of amides is 1. The number of rotatable bonds is 8. The van der Waals surface area contributed by atoms with Gasteiger partial charge in [0.2, 0.25) is 0 Å². The first-order valence-corrected chi connectivity index (χ1v) is 11.2. The van der Waals surface area contributed by atoms with Crippen molar-refractivity contribution in [1.29, 1.82) is 0 Å². The maximum absolute atomic E-state index is 14.3. The summed E-state index contributed by atoms with van der Waals surface area (Å²) in [7, 11) is 1.47. The third kappa shape index (κ3) is 5.85. The standard InChI is InChI=1S/C25H26FN7O2.H2S/c1-14(2)35-25-30-10-16(11-31-25)20-8-21(33-13-32-20)28-9-15(3)17-6-5-7-18-22(24(34)27-4)19(26)12-29-23(17)18;/h5-8,10-15H,9H2,1-4H3,(H,27,34)(H,28,32,33);1H2/t15-;/m1./s1. The summed E-state index contributed by atoms with van der Waals surface area (Å²) >= 11 is 0. The molecule has 0 unspecified atom stereocenters. The molecule has 11 heteroatoms. The molecule has 0 saturated heterocycles. The zero-order valence-corrected chi connectivity index (χ0v) is 21.4. The number of carbonyl (C=O) groups is 1. The molecule has 0 fully saturated rings. The van der Waals surface area contributed by atoms with Crippen LogP contribution in [0.4, 0.5) is 10.2 Å². The molecule has 0 aliphatic rings. The Morgan fingerprint density at radius 2 is 1.81 bits per heavy atom. The second-order valence-corrected chi connectivity index (χ2v) is 8.30. The SMILES string of the molecule is CNC(=O)c1c(F)cnc2c([C@H](C)CNc3cc(-c4cnc(OC(C)C)nc4)ncn3)cccc12.S. The fourth-order valence-electron chi connectivity index (χ4n) is 3.67. The lowest BCUT2D eigenvalue weighted by Gasteiger charge is -2.17. The number of nitrogens with zero attached hydrogens (tertiary/aromatic N) is 5. The molecule has 9 nitrogen and oxygen atoms in total. The summed E-state index contributed by atoms with van der Waals surface area (Å²) < 4.78 is 19.8. The second kappa shape index (κ2) is 11.7. The van der Waals surface area contributed by atoms with Crippen molar-refractivity contribution >= 4 is 36.1 Å². The third-order valence-electron chi connectivity index (χ3n) is 5.39. The van der Waals surface area contributed by atoms with E-state index in [9.17, 15) is 9.18 Å². The Bertz CT molecular complexity index is 1350. The molecule has 4 rings (SSSR count). The van der Waals surface area contributed by atoms with Gasteiger partial charge in [0.15, 0.2) is 5.82 Å². The molecule has 3 aromatic heterocycles. The number of ether oxygens (including phenoxy) is 1. The number of carbonyl (C=O) groups excluding carboxylic acids is 1. The zero-order valence-electron chi connectivity index (χ0n) is 20.4. The van der Waals surface area contributed by atoms with E-state index in [1.165, 1.54) is 13.4 Å². The van der Waals surface area contributed by atoms with Crippen LogP contribution in [0.15, 0.2) is 49.2 Å². The van der Waals surface area contributed by atoms with Gasteiger partial charge in [-0.2, -0.15) is 13.5 Å². The molecule has 4 aromatic rings. The summed E-state index contributed by atoms with van der Waals surface area (Å²) in [6, 6.07) is 7.56. The quantitative estimate of drug-likeness (QED) is 0.365. The highest BCUT2D eigenvalue weighted by Crippen LogP contribution is 2.28. The number of hydrogen-bond donors (Lipinski definition) is 2. The van der Waals surface area contributed by atoms with Crippen molar-refractivity contribution < 1.29 is 13.9 Å². The van der Waals surface area contributed by atoms with Gasteiger partial charge >= 0.3 is 6.01 Å². The van der Waals surface area contributed by atoms with Crippen LogP contribution in [0.5, 0.6) is 6.01 Å². The number of nitrogens with one attached hydrogen (secondary N) is 2. The molecule has 1 aromatic carbocycles. The summed E-state index contributed by atoms with van der Waals surface area (Å²) in [6.07, 6.45) is 5.87. The largest absolute Gasteiger partial charge is 0.461 e. The van der Waals surface area contributed by atoms with Gasteiger partial charge in [-0.3, -0.25) is 9.78 Å². The second-order valence-electron chi connectivity index (χ2n) is 8.30. The highest BCUT2D eigenvalue weighted by Gasteiger charge is 2.19. The zero-order chi connectivity index (χ0) is 24.9. The molecule has 36 heavy (non-hydrogen) atoms. The number of aromatic nitrogens is 5. The van der Waals surface area contributed by atoms with Gasteiger partial charge in [-0.25, -0.2) is 24.3 Å². The van der Waals surface area contributed by atoms with Crippen molar-refractivity contribution in [3.05, 3.63) is 66.1 Å². The van der Waals surface area contributed by atoms with Gasteiger partial charge in [0, 0.05) is 48.9 Å². The fourth-order valence-corrected chi connectivity index (χ4v) is 3.67. The van der Waals surface area contributed by atoms with E-state index in [0.717, 1.165) is 17.3 Å². The van der Waals surface area contributed by atoms with E-state index >= 15 is 0 Å². The van der Waals surface area contributed by atoms with E-state index in [1.54, 1.807) is 24.5 Å². The number of benzene rings is 1. The average Bonchev–Trinajstić information content (AvgIpc) is 2.86. The minimum atomic E-state index is -0.652. The first kappa shape index (κ1) is 26.7. The average molecular weight is 510 g/mol. The summed E-state index contributed by atoms with van der Waals surface area (Å²) in [5.41, 5.74) is 2.88. The molecular formula is C25H28FN7O2S. The minimum absolute atomic E-state index is 0. The van der Waals surface area contributed by atoms with Gasteiger partial charge in [0.05, 0.1) is 29.1 Å². The number of hydrogen-bond acceptors (Lipinski definition) is 8. The molecule has 0 spiro atoms. The van der Waals surface area contributed by atoms with Gasteiger partial charge in [-0.15, -0.1) is 0 Å². The van der Waals surface area contributed by atoms with Gasteiger partial charge in [-0.05, 0) is 19.4 Å². The van der Waals surface area contributed by atoms with Gasteiger partial charge < -0.3 is 15.4 Å². The number of halogens is 1. The predicted octanol–water partition coefficient (Wildman–Crippen LogP) is 4.10. The van der Waals surface area contributed by atoms with Crippen molar-refractivity contribution in [3.63, 3.8) is 0 Å². The molecule has 0 radical (unpaired) electrons. The number of fused-ring (bicyclic) bond motifs is 1. The molecule has 0 aliphatic carbocycles. The molecule has 0 aliphatic heterocycles. The Balaban J connectivity index is 0.00000361. The van der Waals surface area contributed by atoms with Crippen molar-refractivity contribution in [3.8, 4) is 17.3 Å². The minimum Gasteiger partial charge on any atom is -0.461 e. The maximum atomic E-state index is 14.3. The van der Waals surface area contributed by atoms with Crippen LogP contribution in [0.3, 0.4) is 0 Å². The molecule has 1 amide bonds. The lowest BCUT2D eigenvalue weighted by molar-refractivity contribution is 0.0960. The smallest absolute Gasteiger partial charge is 0.316 e. The summed E-state index contributed by atoms with van der Waals surface area (Å²) in [4.78, 5) is 33.6. The molecule has 2 N–H and O–H groups in total. The van der Waals surface area contributed by atoms with Gasteiger partial charge in [-0.1, -0.05) is 25.1 Å². The van der Waals surface area contributed by atoms with Crippen molar-refractivity contribution in [2.75, 3.05) is 18.9 Å². The Morgan fingerprint density at radius 1 is 1.06 bits per heavy atom. The summed E-state index contributed by atoms with van der Waals surface area (Å²) in [6.45, 7) is 6.37. The predicted molar refractivity (Wildman–Crippen MR) is 141 cm³/mol. The lowest BCUT2D eigenvalue weighted by Crippen LogP contribution is -2.20. The molecule has 0 saturated carbocycles. The highest BCUT2D eigenvalue weighted by molar-refractivity contribution is 7.59. The molecule has 188 valence electrons. The normalized spacial score (nSPS) is 11.6. The van der Waals surface area contributed by atoms with E-state index < -0.39 is 11.7 Å². The van der Waals surface area contributed by atoms with Crippen molar-refractivity contribution in [1.82, 2.24) is 30.2 Å². The number of para-hydroxylation sites is 1. The first-order chi connectivity index (χ1) is 16.9. The van der Waals surface area contributed by atoms with Crippen LogP contribution < -0.4 is 15.4 Å². The number of anilines is 1. The topological polar surface area (TPSA) is 115 Å². The lowest BCUT2D eigenvalue weighted by atomic mass is 9.96. The van der Waals surface area contributed by atoms with Crippen molar-refractivity contribution in [2.24, 2.45) is 0 Å². The van der Waals surface area contributed by atoms with Gasteiger partial charge in [0.1, 0.15) is 12.1 Å². The van der Waals surface area contributed by atoms with E-state index in [1.807, 2.05) is 32.9 Å². The maximum Gasteiger partial charge on any atom is 0.316 e. The van der Waals surface area contributed by atoms with Crippen LogP contribution in [0.25, 0.3) is 22.2 Å². The Morgan fingerprint density at radius 3 is 2.50 bits per heavy atom. The van der Waals surface area contributed by atoms with E-state index in [0.29, 0.717) is 35.0 Å². The van der Waals surface area contributed by atoms with E-state index in [4.69, 9.17) is 4.74 Å². The molecule has 0 bridgehead atoms. The fraction of sp³-hybridized carbons (Fsp3) is 0.280. The van der Waals surface area contributed by atoms with Crippen LogP contribution in [0, 0.1) is 5.82 Å². The van der Waals surface area contributed by atoms with Crippen LogP contribution >= 0.6 is 13.5 Å². The van der Waals surface area contributed by atoms with Crippen LogP contribution in [0.1, 0.15) is 42.6 Å². The Kier molecular flexibility index (Phi) is 8.70. The third-order valence-corrected chi connectivity index (χ3v) is 5.39. The Labute approximate surface area is 215 Å². The summed E-state index contributed by atoms with van der Waals surface area (Å²) in [5, 5.41) is 6.28. The van der Waals surface area contributed by atoms with E-state index in [-0.39, 0.29) is 31.1 Å². The number of pyridine rings is 1. The monoisotopic (exact) mass is 509 g/mol. The van der Waals surface area contributed by atoms with E-state index in [2.05, 4.69) is 35.6 Å². The molecule has 3 heterocycles. The van der Waals surface area contributed by atoms with Gasteiger partial charge in [0.25, 0.3) is 5.91 Å². The molecule has 1 atom stereocenters. The first-order valence-electron chi connectivity index (χ1n) is 11.2. The molecular weight excluding hydrogens is 481 g/mol. The van der Waals surface area contributed by atoms with Crippen LogP contribution in [-0.2, 0) is 0 Å². The Hall–Kier alpha value is -3.86. The highest BCUT2D eigenvalue weighted by atomic mass is 32.1. The summed E-state index contributed by atoms with van der Waals surface area (Å²) in [5.74, 6) is -0.516. The van der Waals surface area contributed by atoms with Crippen LogP contribution in [-0.4, -0.2) is 50.5 Å².